The second-order valence-electron chi connectivity index (χ2n) is 5.26. The summed E-state index contributed by atoms with van der Waals surface area (Å²) in [6, 6.07) is 10.5. The molecule has 0 aromatic heterocycles. The molecule has 1 amide bonds. The lowest BCUT2D eigenvalue weighted by atomic mass is 10.1. The average Bonchev–Trinajstić information content (AvgIpc) is 2.54. The van der Waals surface area contributed by atoms with E-state index in [4.69, 9.17) is 32.7 Å². The molecule has 0 bridgehead atoms. The quantitative estimate of drug-likeness (QED) is 0.837. The summed E-state index contributed by atoms with van der Waals surface area (Å²) in [5.41, 5.74) is 1.38. The third-order valence-corrected chi connectivity index (χ3v) is 4.08. The summed E-state index contributed by atoms with van der Waals surface area (Å²) in [4.78, 5) is 14.1. The van der Waals surface area contributed by atoms with Gasteiger partial charge in [0, 0.05) is 18.6 Å². The smallest absolute Gasteiger partial charge is 0.255 e. The Morgan fingerprint density at radius 3 is 2.57 bits per heavy atom. The fourth-order valence-corrected chi connectivity index (χ4v) is 2.89. The van der Waals surface area contributed by atoms with Crippen LogP contribution in [0.1, 0.15) is 15.9 Å². The third kappa shape index (κ3) is 3.54. The van der Waals surface area contributed by atoms with E-state index in [1.165, 1.54) is 0 Å². The van der Waals surface area contributed by atoms with Crippen LogP contribution in [0.3, 0.4) is 0 Å². The van der Waals surface area contributed by atoms with Gasteiger partial charge in [0.25, 0.3) is 5.91 Å². The Morgan fingerprint density at radius 1 is 1.09 bits per heavy atom. The van der Waals surface area contributed by atoms with Gasteiger partial charge < -0.3 is 14.4 Å². The van der Waals surface area contributed by atoms with E-state index >= 15 is 0 Å². The van der Waals surface area contributed by atoms with Crippen molar-refractivity contribution in [3.63, 3.8) is 0 Å². The number of carbonyl (C=O) groups excluding carboxylic acids is 1. The second-order valence-corrected chi connectivity index (χ2v) is 6.11. The molecule has 4 nitrogen and oxygen atoms in total. The summed E-state index contributed by atoms with van der Waals surface area (Å²) in [5, 5.41) is 0.845. The molecule has 120 valence electrons. The van der Waals surface area contributed by atoms with Crippen molar-refractivity contribution >= 4 is 29.1 Å². The van der Waals surface area contributed by atoms with Crippen molar-refractivity contribution in [2.75, 3.05) is 20.3 Å². The van der Waals surface area contributed by atoms with Crippen LogP contribution >= 0.6 is 23.2 Å². The molecule has 0 saturated heterocycles. The summed E-state index contributed by atoms with van der Waals surface area (Å²) in [7, 11) is 1.73. The molecule has 1 aliphatic heterocycles. The fraction of sp³-hybridized carbons (Fsp3) is 0.235. The van der Waals surface area contributed by atoms with E-state index in [2.05, 4.69) is 0 Å². The highest BCUT2D eigenvalue weighted by molar-refractivity contribution is 6.36. The van der Waals surface area contributed by atoms with Crippen LogP contribution in [0.25, 0.3) is 0 Å². The molecule has 0 N–H and O–H groups in total. The molecular formula is C17H15Cl2NO3. The second kappa shape index (κ2) is 6.69. The number of benzene rings is 2. The van der Waals surface area contributed by atoms with Crippen molar-refractivity contribution in [3.05, 3.63) is 57.6 Å². The van der Waals surface area contributed by atoms with Gasteiger partial charge in [-0.2, -0.15) is 0 Å². The molecule has 3 rings (SSSR count). The zero-order valence-corrected chi connectivity index (χ0v) is 14.0. The molecule has 0 saturated carbocycles. The number of fused-ring (bicyclic) bond motifs is 1. The molecule has 2 aromatic rings. The maximum absolute atomic E-state index is 12.5. The van der Waals surface area contributed by atoms with Gasteiger partial charge in [-0.1, -0.05) is 29.3 Å². The number of hydrogen-bond donors (Lipinski definition) is 0. The Kier molecular flexibility index (Phi) is 4.64. The number of hydrogen-bond acceptors (Lipinski definition) is 3. The van der Waals surface area contributed by atoms with E-state index in [9.17, 15) is 4.79 Å². The topological polar surface area (TPSA) is 38.8 Å². The van der Waals surface area contributed by atoms with Crippen LogP contribution in [0, 0.1) is 0 Å². The van der Waals surface area contributed by atoms with E-state index < -0.39 is 0 Å². The predicted molar refractivity (Wildman–Crippen MR) is 89.7 cm³/mol. The van der Waals surface area contributed by atoms with Gasteiger partial charge in [-0.3, -0.25) is 4.79 Å². The predicted octanol–water partition coefficient (Wildman–Crippen LogP) is 4.04. The molecule has 0 spiro atoms. The number of ether oxygens (including phenoxy) is 2. The minimum Gasteiger partial charge on any atom is -0.486 e. The molecule has 6 heteroatoms. The Morgan fingerprint density at radius 2 is 1.83 bits per heavy atom. The highest BCUT2D eigenvalue weighted by Gasteiger charge is 2.17. The lowest BCUT2D eigenvalue weighted by Gasteiger charge is -2.21. The molecule has 0 atom stereocenters. The Labute approximate surface area is 144 Å². The van der Waals surface area contributed by atoms with Crippen molar-refractivity contribution in [2.24, 2.45) is 0 Å². The van der Waals surface area contributed by atoms with Gasteiger partial charge in [-0.15, -0.1) is 0 Å². The van der Waals surface area contributed by atoms with Crippen LogP contribution in [0.15, 0.2) is 36.4 Å². The number of rotatable bonds is 3. The molecule has 23 heavy (non-hydrogen) atoms. The maximum Gasteiger partial charge on any atom is 0.255 e. The van der Waals surface area contributed by atoms with Gasteiger partial charge in [0.2, 0.25) is 0 Å². The largest absolute Gasteiger partial charge is 0.486 e. The molecule has 1 aliphatic rings. The first-order valence-electron chi connectivity index (χ1n) is 7.13. The highest BCUT2D eigenvalue weighted by Crippen LogP contribution is 2.31. The zero-order valence-electron chi connectivity index (χ0n) is 12.5. The maximum atomic E-state index is 12.5. The molecule has 0 radical (unpaired) electrons. The summed E-state index contributed by atoms with van der Waals surface area (Å²) >= 11 is 12.0. The van der Waals surface area contributed by atoms with Crippen LogP contribution in [-0.2, 0) is 6.54 Å². The SMILES string of the molecule is CN(Cc1ccc2c(c1)OCCO2)C(=O)c1ccc(Cl)cc1Cl. The molecule has 0 fully saturated rings. The van der Waals surface area contributed by atoms with E-state index in [1.54, 1.807) is 30.1 Å². The number of halogens is 2. The first-order chi connectivity index (χ1) is 11.0. The number of carbonyl (C=O) groups is 1. The van der Waals surface area contributed by atoms with Gasteiger partial charge in [0.15, 0.2) is 11.5 Å². The summed E-state index contributed by atoms with van der Waals surface area (Å²) in [6.07, 6.45) is 0. The standard InChI is InChI=1S/C17H15Cl2NO3/c1-20(17(21)13-4-3-12(18)9-14(13)19)10-11-2-5-15-16(8-11)23-7-6-22-15/h2-5,8-9H,6-7,10H2,1H3. The first-order valence-corrected chi connectivity index (χ1v) is 7.89. The number of amides is 1. The Bertz CT molecular complexity index is 749. The Hall–Kier alpha value is -1.91. The summed E-state index contributed by atoms with van der Waals surface area (Å²) in [5.74, 6) is 1.27. The van der Waals surface area contributed by atoms with Crippen molar-refractivity contribution in [3.8, 4) is 11.5 Å². The Balaban J connectivity index is 1.75. The average molecular weight is 352 g/mol. The van der Waals surface area contributed by atoms with Crippen molar-refractivity contribution in [1.29, 1.82) is 0 Å². The molecule has 1 heterocycles. The van der Waals surface area contributed by atoms with Crippen molar-refractivity contribution in [2.45, 2.75) is 6.54 Å². The van der Waals surface area contributed by atoms with Gasteiger partial charge in [0.05, 0.1) is 10.6 Å². The van der Waals surface area contributed by atoms with Crippen LogP contribution in [0.2, 0.25) is 10.0 Å². The monoisotopic (exact) mass is 351 g/mol. The molecule has 0 aliphatic carbocycles. The first kappa shape index (κ1) is 16.0. The molecule has 0 unspecified atom stereocenters. The lowest BCUT2D eigenvalue weighted by Crippen LogP contribution is -2.26. The third-order valence-electron chi connectivity index (χ3n) is 3.53. The zero-order chi connectivity index (χ0) is 16.4. The van der Waals surface area contributed by atoms with Crippen LogP contribution in [0.5, 0.6) is 11.5 Å². The summed E-state index contributed by atoms with van der Waals surface area (Å²) < 4.78 is 11.1. The van der Waals surface area contributed by atoms with Crippen LogP contribution in [0.4, 0.5) is 0 Å². The van der Waals surface area contributed by atoms with Crippen molar-refractivity contribution in [1.82, 2.24) is 4.90 Å². The van der Waals surface area contributed by atoms with Gasteiger partial charge in [-0.25, -0.2) is 0 Å². The lowest BCUT2D eigenvalue weighted by molar-refractivity contribution is 0.0785. The molecular weight excluding hydrogens is 337 g/mol. The van der Waals surface area contributed by atoms with E-state index in [0.717, 1.165) is 11.3 Å². The van der Waals surface area contributed by atoms with Gasteiger partial charge in [0.1, 0.15) is 13.2 Å². The van der Waals surface area contributed by atoms with E-state index in [0.29, 0.717) is 41.1 Å². The van der Waals surface area contributed by atoms with E-state index in [-0.39, 0.29) is 5.91 Å². The number of nitrogens with zero attached hydrogens (tertiary/aromatic N) is 1. The van der Waals surface area contributed by atoms with Crippen molar-refractivity contribution < 1.29 is 14.3 Å². The molecule has 2 aromatic carbocycles. The van der Waals surface area contributed by atoms with Gasteiger partial charge in [-0.05, 0) is 35.9 Å². The fourth-order valence-electron chi connectivity index (χ4n) is 2.40. The van der Waals surface area contributed by atoms with Crippen LogP contribution < -0.4 is 9.47 Å². The highest BCUT2D eigenvalue weighted by atomic mass is 35.5. The van der Waals surface area contributed by atoms with E-state index in [1.807, 2.05) is 18.2 Å². The minimum atomic E-state index is -0.165. The summed E-state index contributed by atoms with van der Waals surface area (Å²) in [6.45, 7) is 1.53. The normalized spacial score (nSPS) is 12.8. The minimum absolute atomic E-state index is 0.165. The van der Waals surface area contributed by atoms with Crippen LogP contribution in [-0.4, -0.2) is 31.1 Å². The van der Waals surface area contributed by atoms with Gasteiger partial charge >= 0.3 is 0 Å².